The molecular weight excluding hydrogens is 347 g/mol. The largest absolute Gasteiger partial charge is 0.493 e. The van der Waals surface area contributed by atoms with Crippen LogP contribution in [-0.2, 0) is 4.79 Å². The van der Waals surface area contributed by atoms with E-state index in [1.165, 1.54) is 31.4 Å². The van der Waals surface area contributed by atoms with E-state index in [2.05, 4.69) is 10.2 Å². The van der Waals surface area contributed by atoms with Gasteiger partial charge in [-0.2, -0.15) is 0 Å². The number of furan rings is 1. The molecule has 0 spiro atoms. The predicted molar refractivity (Wildman–Crippen MR) is 101 cm³/mol. The Morgan fingerprint density at radius 2 is 2.07 bits per heavy atom. The lowest BCUT2D eigenvalue weighted by Gasteiger charge is -2.33. The molecule has 0 bridgehead atoms. The molecule has 0 saturated carbocycles. The first kappa shape index (κ1) is 19.4. The van der Waals surface area contributed by atoms with Crippen LogP contribution in [0.2, 0.25) is 0 Å². The Bertz CT molecular complexity index is 699. The minimum absolute atomic E-state index is 0.00796. The zero-order valence-electron chi connectivity index (χ0n) is 15.5. The normalized spacial score (nSPS) is 16.0. The highest BCUT2D eigenvalue weighted by molar-refractivity contribution is 5.75. The predicted octanol–water partition coefficient (Wildman–Crippen LogP) is 3.92. The van der Waals surface area contributed by atoms with Crippen LogP contribution in [-0.4, -0.2) is 37.0 Å². The van der Waals surface area contributed by atoms with Gasteiger partial charge in [-0.05, 0) is 56.6 Å². The number of hydrogen-bond acceptors (Lipinski definition) is 4. The van der Waals surface area contributed by atoms with E-state index in [0.717, 1.165) is 18.8 Å². The van der Waals surface area contributed by atoms with E-state index in [0.29, 0.717) is 31.7 Å². The van der Waals surface area contributed by atoms with Gasteiger partial charge in [0.1, 0.15) is 17.3 Å². The Balaban J connectivity index is 1.41. The molecule has 6 heteroatoms. The summed E-state index contributed by atoms with van der Waals surface area (Å²) in [5, 5.41) is 3.02. The maximum absolute atomic E-state index is 13.1. The quantitative estimate of drug-likeness (QED) is 0.676. The third-order valence-electron chi connectivity index (χ3n) is 4.81. The van der Waals surface area contributed by atoms with Crippen LogP contribution in [0.15, 0.2) is 47.1 Å². The number of benzene rings is 1. The summed E-state index contributed by atoms with van der Waals surface area (Å²) in [7, 11) is 0. The van der Waals surface area contributed by atoms with E-state index in [1.807, 2.05) is 12.1 Å². The smallest absolute Gasteiger partial charge is 0.220 e. The molecule has 1 saturated heterocycles. The topological polar surface area (TPSA) is 54.7 Å². The van der Waals surface area contributed by atoms with Crippen LogP contribution < -0.4 is 10.1 Å². The molecule has 0 aliphatic carbocycles. The Morgan fingerprint density at radius 3 is 2.81 bits per heavy atom. The molecule has 2 aromatic rings. The average molecular weight is 374 g/mol. The summed E-state index contributed by atoms with van der Waals surface area (Å²) < 4.78 is 24.2. The number of carbonyl (C=O) groups excluding carboxylic acids is 1. The molecule has 1 aromatic carbocycles. The van der Waals surface area contributed by atoms with Gasteiger partial charge in [0.05, 0.1) is 18.9 Å². The summed E-state index contributed by atoms with van der Waals surface area (Å²) >= 11 is 0. The fraction of sp³-hybridized carbons (Fsp3) is 0.476. The van der Waals surface area contributed by atoms with E-state index in [-0.39, 0.29) is 17.8 Å². The monoisotopic (exact) mass is 374 g/mol. The number of carbonyl (C=O) groups is 1. The Kier molecular flexibility index (Phi) is 7.27. The standard InChI is InChI=1S/C21H27FN2O3/c22-17-7-4-8-18(15-17)26-13-6-10-21(25)23-16-19(20-9-5-14-27-20)24-11-2-1-3-12-24/h4-5,7-9,14-15,19H,1-3,6,10-13,16H2,(H,23,25). The second-order valence-corrected chi connectivity index (χ2v) is 6.84. The van der Waals surface area contributed by atoms with Crippen molar-refractivity contribution in [2.45, 2.75) is 38.1 Å². The van der Waals surface area contributed by atoms with Gasteiger partial charge in [0.15, 0.2) is 0 Å². The third-order valence-corrected chi connectivity index (χ3v) is 4.81. The van der Waals surface area contributed by atoms with Crippen molar-refractivity contribution in [3.63, 3.8) is 0 Å². The number of rotatable bonds is 9. The molecule has 1 aliphatic rings. The van der Waals surface area contributed by atoms with E-state index < -0.39 is 0 Å². The lowest BCUT2D eigenvalue weighted by Crippen LogP contribution is -2.40. The van der Waals surface area contributed by atoms with E-state index in [1.54, 1.807) is 18.4 Å². The maximum atomic E-state index is 13.1. The van der Waals surface area contributed by atoms with Gasteiger partial charge in [-0.15, -0.1) is 0 Å². The minimum Gasteiger partial charge on any atom is -0.493 e. The zero-order valence-corrected chi connectivity index (χ0v) is 15.5. The van der Waals surface area contributed by atoms with Gasteiger partial charge in [-0.1, -0.05) is 12.5 Å². The van der Waals surface area contributed by atoms with Crippen LogP contribution in [0, 0.1) is 5.82 Å². The number of hydrogen-bond donors (Lipinski definition) is 1. The van der Waals surface area contributed by atoms with Gasteiger partial charge in [-0.25, -0.2) is 4.39 Å². The number of nitrogens with zero attached hydrogens (tertiary/aromatic N) is 1. The highest BCUT2D eigenvalue weighted by Crippen LogP contribution is 2.24. The molecule has 0 radical (unpaired) electrons. The minimum atomic E-state index is -0.327. The molecule has 2 heterocycles. The number of amides is 1. The average Bonchev–Trinajstić information content (AvgIpc) is 3.21. The summed E-state index contributed by atoms with van der Waals surface area (Å²) in [6.07, 6.45) is 6.26. The van der Waals surface area contributed by atoms with Gasteiger partial charge in [0.2, 0.25) is 5.91 Å². The Morgan fingerprint density at radius 1 is 1.22 bits per heavy atom. The molecule has 1 fully saturated rings. The van der Waals surface area contributed by atoms with Crippen molar-refractivity contribution in [1.82, 2.24) is 10.2 Å². The van der Waals surface area contributed by atoms with Crippen LogP contribution in [0.1, 0.15) is 43.9 Å². The molecule has 1 unspecified atom stereocenters. The molecular formula is C21H27FN2O3. The number of nitrogens with one attached hydrogen (secondary N) is 1. The first-order chi connectivity index (χ1) is 13.2. The van der Waals surface area contributed by atoms with Gasteiger partial charge in [0.25, 0.3) is 0 Å². The Labute approximate surface area is 159 Å². The third kappa shape index (κ3) is 6.10. The fourth-order valence-corrected chi connectivity index (χ4v) is 3.40. The van der Waals surface area contributed by atoms with E-state index >= 15 is 0 Å². The summed E-state index contributed by atoms with van der Waals surface area (Å²) in [4.78, 5) is 14.6. The van der Waals surface area contributed by atoms with Gasteiger partial charge < -0.3 is 14.5 Å². The maximum Gasteiger partial charge on any atom is 0.220 e. The van der Waals surface area contributed by atoms with Crippen LogP contribution in [0.5, 0.6) is 5.75 Å². The molecule has 3 rings (SSSR count). The van der Waals surface area contributed by atoms with E-state index in [4.69, 9.17) is 9.15 Å². The molecule has 5 nitrogen and oxygen atoms in total. The van der Waals surface area contributed by atoms with Crippen molar-refractivity contribution in [3.05, 3.63) is 54.2 Å². The first-order valence-electron chi connectivity index (χ1n) is 9.65. The summed E-state index contributed by atoms with van der Waals surface area (Å²) in [6, 6.07) is 9.95. The van der Waals surface area contributed by atoms with Crippen LogP contribution in [0.25, 0.3) is 0 Å². The number of ether oxygens (including phenoxy) is 1. The van der Waals surface area contributed by atoms with Crippen LogP contribution >= 0.6 is 0 Å². The van der Waals surface area contributed by atoms with Gasteiger partial charge >= 0.3 is 0 Å². The van der Waals surface area contributed by atoms with Crippen molar-refractivity contribution in [1.29, 1.82) is 0 Å². The molecule has 1 N–H and O–H groups in total. The van der Waals surface area contributed by atoms with Gasteiger partial charge in [0, 0.05) is 19.0 Å². The van der Waals surface area contributed by atoms with E-state index in [9.17, 15) is 9.18 Å². The van der Waals surface area contributed by atoms with Crippen molar-refractivity contribution in [2.24, 2.45) is 0 Å². The molecule has 1 aliphatic heterocycles. The molecule has 1 aromatic heterocycles. The number of halogens is 1. The number of piperidine rings is 1. The van der Waals surface area contributed by atoms with Crippen molar-refractivity contribution < 1.29 is 18.3 Å². The van der Waals surface area contributed by atoms with Crippen molar-refractivity contribution in [3.8, 4) is 5.75 Å². The molecule has 146 valence electrons. The van der Waals surface area contributed by atoms with Crippen molar-refractivity contribution >= 4 is 5.91 Å². The molecule has 1 amide bonds. The van der Waals surface area contributed by atoms with Crippen LogP contribution in [0.3, 0.4) is 0 Å². The summed E-state index contributed by atoms with van der Waals surface area (Å²) in [5.74, 6) is 1.04. The zero-order chi connectivity index (χ0) is 18.9. The SMILES string of the molecule is O=C(CCCOc1cccc(F)c1)NCC(c1ccco1)N1CCCCC1. The highest BCUT2D eigenvalue weighted by Gasteiger charge is 2.24. The highest BCUT2D eigenvalue weighted by atomic mass is 19.1. The lowest BCUT2D eigenvalue weighted by molar-refractivity contribution is -0.121. The molecule has 1 atom stereocenters. The molecule has 27 heavy (non-hydrogen) atoms. The second kappa shape index (κ2) is 10.1. The summed E-state index contributed by atoms with van der Waals surface area (Å²) in [6.45, 7) is 2.98. The second-order valence-electron chi connectivity index (χ2n) is 6.84. The Hall–Kier alpha value is -2.34. The first-order valence-corrected chi connectivity index (χ1v) is 9.65. The lowest BCUT2D eigenvalue weighted by atomic mass is 10.1. The van der Waals surface area contributed by atoms with Crippen LogP contribution in [0.4, 0.5) is 4.39 Å². The van der Waals surface area contributed by atoms with Gasteiger partial charge in [-0.3, -0.25) is 9.69 Å². The fourth-order valence-electron chi connectivity index (χ4n) is 3.40. The van der Waals surface area contributed by atoms with Crippen molar-refractivity contribution in [2.75, 3.05) is 26.2 Å². The summed E-state index contributed by atoms with van der Waals surface area (Å²) in [5.41, 5.74) is 0. The number of likely N-dealkylation sites (tertiary alicyclic amines) is 1.